The largest absolute Gasteiger partial charge is 0.444 e. The lowest BCUT2D eigenvalue weighted by Gasteiger charge is -2.31. The van der Waals surface area contributed by atoms with Crippen molar-refractivity contribution in [1.82, 2.24) is 29.7 Å². The van der Waals surface area contributed by atoms with Gasteiger partial charge in [0.2, 0.25) is 11.8 Å². The van der Waals surface area contributed by atoms with Gasteiger partial charge >= 0.3 is 24.2 Å². The Labute approximate surface area is 306 Å². The summed E-state index contributed by atoms with van der Waals surface area (Å²) >= 11 is 0. The Balaban J connectivity index is 2.97. The zero-order valence-electron chi connectivity index (χ0n) is 32.6. The number of nitrogens with zero attached hydrogens (tertiary/aromatic N) is 6. The fraction of sp³-hybridized carbons (Fsp3) is 0.765. The van der Waals surface area contributed by atoms with Gasteiger partial charge in [0.1, 0.15) is 17.2 Å². The monoisotopic (exact) mass is 742 g/mol. The van der Waals surface area contributed by atoms with E-state index >= 15 is 0 Å². The molecule has 0 spiro atoms. The Morgan fingerprint density at radius 1 is 0.712 bits per heavy atom. The first kappa shape index (κ1) is 45.4. The van der Waals surface area contributed by atoms with Gasteiger partial charge in [-0.05, 0) is 68.2 Å². The van der Waals surface area contributed by atoms with Crippen molar-refractivity contribution < 1.29 is 57.5 Å². The third-order valence-corrected chi connectivity index (χ3v) is 7.62. The summed E-state index contributed by atoms with van der Waals surface area (Å²) < 4.78 is 10.7. The van der Waals surface area contributed by atoms with Gasteiger partial charge < -0.3 is 38.7 Å². The molecule has 1 aliphatic heterocycles. The fourth-order valence-electron chi connectivity index (χ4n) is 4.62. The summed E-state index contributed by atoms with van der Waals surface area (Å²) in [5.41, 5.74) is -1.56. The quantitative estimate of drug-likeness (QED) is 0.127. The Morgan fingerprint density at radius 3 is 1.75 bits per heavy atom. The van der Waals surface area contributed by atoms with Gasteiger partial charge in [-0.1, -0.05) is 6.42 Å². The molecule has 0 bridgehead atoms. The van der Waals surface area contributed by atoms with Crippen LogP contribution in [0.4, 0.5) is 14.4 Å². The van der Waals surface area contributed by atoms with Crippen molar-refractivity contribution in [1.29, 1.82) is 0 Å². The maximum Gasteiger partial charge on any atom is 0.443 e. The average Bonchev–Trinajstić information content (AvgIpc) is 3.35. The number of carbonyl (C=O) groups is 8. The van der Waals surface area contributed by atoms with Crippen LogP contribution in [-0.2, 0) is 43.1 Å². The predicted octanol–water partition coefficient (Wildman–Crippen LogP) is 3.33. The highest BCUT2D eigenvalue weighted by atomic mass is 16.8. The van der Waals surface area contributed by atoms with E-state index in [4.69, 9.17) is 19.1 Å². The summed E-state index contributed by atoms with van der Waals surface area (Å²) in [5.74, 6) is -3.59. The van der Waals surface area contributed by atoms with Crippen LogP contribution in [0.15, 0.2) is 0 Å². The molecule has 296 valence electrons. The molecule has 0 N–H and O–H groups in total. The van der Waals surface area contributed by atoms with Crippen molar-refractivity contribution in [3.05, 3.63) is 0 Å². The molecule has 1 rings (SSSR count). The van der Waals surface area contributed by atoms with Gasteiger partial charge in [0.05, 0.1) is 13.0 Å². The first-order valence-electron chi connectivity index (χ1n) is 17.5. The Kier molecular flexibility index (Phi) is 17.8. The number of ether oxygens (including phenoxy) is 2. The minimum Gasteiger partial charge on any atom is -0.444 e. The van der Waals surface area contributed by atoms with Crippen molar-refractivity contribution in [2.45, 2.75) is 118 Å². The number of hydrogen-bond donors (Lipinski definition) is 0. The molecule has 52 heavy (non-hydrogen) atoms. The van der Waals surface area contributed by atoms with E-state index in [1.165, 1.54) is 35.8 Å². The summed E-state index contributed by atoms with van der Waals surface area (Å²) in [6.07, 6.45) is -2.02. The van der Waals surface area contributed by atoms with Crippen LogP contribution in [0.25, 0.3) is 0 Å². The van der Waals surface area contributed by atoms with Crippen LogP contribution in [0.3, 0.4) is 0 Å². The number of carbonyl (C=O) groups excluding carboxylic acids is 8. The smallest absolute Gasteiger partial charge is 0.443 e. The molecule has 0 saturated carbocycles. The summed E-state index contributed by atoms with van der Waals surface area (Å²) in [7, 11) is 4.30. The summed E-state index contributed by atoms with van der Waals surface area (Å²) in [6, 6.07) is -1.37. The van der Waals surface area contributed by atoms with Gasteiger partial charge in [-0.15, -0.1) is 10.1 Å². The Bertz CT molecular complexity index is 1270. The highest BCUT2D eigenvalue weighted by Crippen LogP contribution is 2.17. The molecule has 18 nitrogen and oxygen atoms in total. The third kappa shape index (κ3) is 15.7. The molecule has 18 heteroatoms. The molecule has 0 aliphatic carbocycles. The van der Waals surface area contributed by atoms with Gasteiger partial charge in [0.25, 0.3) is 11.8 Å². The van der Waals surface area contributed by atoms with E-state index in [1.54, 1.807) is 55.4 Å². The molecule has 1 heterocycles. The molecule has 0 aromatic heterocycles. The molecular weight excluding hydrogens is 684 g/mol. The Hall–Kier alpha value is -4.64. The topological polar surface area (TPSA) is 193 Å². The van der Waals surface area contributed by atoms with Gasteiger partial charge in [0.15, 0.2) is 0 Å². The highest BCUT2D eigenvalue weighted by Gasteiger charge is 2.37. The van der Waals surface area contributed by atoms with Crippen molar-refractivity contribution in [2.75, 3.05) is 53.9 Å². The van der Waals surface area contributed by atoms with E-state index in [1.807, 2.05) is 0 Å². The standard InChI is InChI=1S/C34H58N6O12/c1-12-38(13-2)31(47)52-39(32(48)50-34(6,7)8)20-16-14-15-17-25(41)37(11)24(23-28(44)51-40-26(42)18-19-27(40)43)29(45)35(9)21-22-36(10)30(46)49-33(3,4)5/h24H,12-23H2,1-11H3/t24-/m0/s1. The van der Waals surface area contributed by atoms with Crippen LogP contribution < -0.4 is 0 Å². The summed E-state index contributed by atoms with van der Waals surface area (Å²) in [5, 5.41) is 1.22. The van der Waals surface area contributed by atoms with Crippen molar-refractivity contribution in [2.24, 2.45) is 0 Å². The fourth-order valence-corrected chi connectivity index (χ4v) is 4.62. The number of rotatable bonds is 16. The van der Waals surface area contributed by atoms with E-state index < -0.39 is 71.5 Å². The second-order valence-corrected chi connectivity index (χ2v) is 14.4. The molecule has 0 radical (unpaired) electrons. The molecule has 1 fully saturated rings. The van der Waals surface area contributed by atoms with Crippen LogP contribution in [0.5, 0.6) is 0 Å². The zero-order chi connectivity index (χ0) is 40.0. The lowest BCUT2D eigenvalue weighted by Crippen LogP contribution is -2.51. The van der Waals surface area contributed by atoms with Gasteiger partial charge in [-0.2, -0.15) is 0 Å². The third-order valence-electron chi connectivity index (χ3n) is 7.62. The van der Waals surface area contributed by atoms with Crippen LogP contribution in [-0.4, -0.2) is 149 Å². The van der Waals surface area contributed by atoms with Crippen LogP contribution in [0.1, 0.15) is 100 Å². The number of imide groups is 1. The van der Waals surface area contributed by atoms with Gasteiger partial charge in [-0.3, -0.25) is 19.2 Å². The SMILES string of the molecule is CCN(CC)C(=O)ON(CCCCCC(=O)N(C)[C@@H](CC(=O)ON1C(=O)CCC1=O)C(=O)N(C)CCN(C)C(=O)OC(C)(C)C)C(=O)OC(C)(C)C. The summed E-state index contributed by atoms with van der Waals surface area (Å²) in [4.78, 5) is 117. The first-order chi connectivity index (χ1) is 24.0. The molecule has 7 amide bonds. The van der Waals surface area contributed by atoms with E-state index in [9.17, 15) is 38.4 Å². The van der Waals surface area contributed by atoms with Gasteiger partial charge in [0, 0.05) is 66.6 Å². The Morgan fingerprint density at radius 2 is 1.23 bits per heavy atom. The number of hydrogen-bond acceptors (Lipinski definition) is 12. The lowest BCUT2D eigenvalue weighted by molar-refractivity contribution is -0.198. The van der Waals surface area contributed by atoms with Crippen LogP contribution in [0.2, 0.25) is 0 Å². The molecule has 0 aromatic rings. The highest BCUT2D eigenvalue weighted by molar-refractivity contribution is 6.01. The van der Waals surface area contributed by atoms with E-state index in [-0.39, 0.29) is 38.9 Å². The molecule has 0 unspecified atom stereocenters. The summed E-state index contributed by atoms with van der Waals surface area (Å²) in [6.45, 7) is 14.6. The molecular formula is C34H58N6O12. The van der Waals surface area contributed by atoms with Crippen molar-refractivity contribution in [3.8, 4) is 0 Å². The first-order valence-corrected chi connectivity index (χ1v) is 17.5. The molecule has 1 aliphatic rings. The second-order valence-electron chi connectivity index (χ2n) is 14.4. The maximum atomic E-state index is 13.6. The number of amides is 7. The van der Waals surface area contributed by atoms with Crippen molar-refractivity contribution in [3.63, 3.8) is 0 Å². The number of hydroxylamine groups is 4. The minimum absolute atomic E-state index is 0.00458. The lowest BCUT2D eigenvalue weighted by atomic mass is 10.1. The van der Waals surface area contributed by atoms with Gasteiger partial charge in [-0.25, -0.2) is 19.2 Å². The van der Waals surface area contributed by atoms with Crippen LogP contribution >= 0.6 is 0 Å². The van der Waals surface area contributed by atoms with E-state index in [2.05, 4.69) is 0 Å². The molecule has 1 saturated heterocycles. The normalized spacial score (nSPS) is 13.6. The van der Waals surface area contributed by atoms with Crippen molar-refractivity contribution >= 4 is 47.9 Å². The maximum absolute atomic E-state index is 13.6. The number of likely N-dealkylation sites (N-methyl/N-ethyl adjacent to an activating group) is 3. The minimum atomic E-state index is -1.37. The van der Waals surface area contributed by atoms with Crippen LogP contribution in [0, 0.1) is 0 Å². The average molecular weight is 743 g/mol. The second kappa shape index (κ2) is 20.4. The van der Waals surface area contributed by atoms with E-state index in [0.717, 1.165) is 9.96 Å². The predicted molar refractivity (Wildman–Crippen MR) is 186 cm³/mol. The molecule has 1 atom stereocenters. The van der Waals surface area contributed by atoms with E-state index in [0.29, 0.717) is 37.4 Å². The zero-order valence-corrected chi connectivity index (χ0v) is 32.6. The number of unbranched alkanes of at least 4 members (excludes halogenated alkanes) is 2. The molecule has 0 aromatic carbocycles.